The van der Waals surface area contributed by atoms with Gasteiger partial charge in [0.05, 0.1) is 17.2 Å². The fourth-order valence-corrected chi connectivity index (χ4v) is 4.14. The molecule has 0 spiro atoms. The number of carbonyl (C=O) groups is 1. The van der Waals surface area contributed by atoms with Crippen LogP contribution in [0.1, 0.15) is 46.4 Å². The van der Waals surface area contributed by atoms with Crippen LogP contribution < -0.4 is 10.6 Å². The number of benzene rings is 1. The maximum atomic E-state index is 13.0. The molecule has 1 amide bonds. The van der Waals surface area contributed by atoms with Gasteiger partial charge in [0.25, 0.3) is 5.91 Å². The maximum absolute atomic E-state index is 13.0. The minimum atomic E-state index is -0.778. The minimum absolute atomic E-state index is 0.171. The lowest BCUT2D eigenvalue weighted by Gasteiger charge is -2.43. The van der Waals surface area contributed by atoms with Crippen molar-refractivity contribution in [3.8, 4) is 0 Å². The SMILES string of the molecule is O=C(N[C@@]1(c2ccccc2)CCNC[C@H]1O)c1cnc2c(c1)CCCC2. The van der Waals surface area contributed by atoms with Crippen LogP contribution in [-0.2, 0) is 18.4 Å². The number of carbonyl (C=O) groups excluding carboxylic acids is 1. The van der Waals surface area contributed by atoms with Crippen molar-refractivity contribution < 1.29 is 9.90 Å². The molecule has 0 bridgehead atoms. The number of rotatable bonds is 3. The Labute approximate surface area is 153 Å². The smallest absolute Gasteiger partial charge is 0.253 e. The number of aliphatic hydroxyl groups excluding tert-OH is 1. The number of nitrogens with one attached hydrogen (secondary N) is 2. The average molecular weight is 351 g/mol. The summed E-state index contributed by atoms with van der Waals surface area (Å²) in [4.78, 5) is 17.6. The van der Waals surface area contributed by atoms with Crippen LogP contribution in [0.25, 0.3) is 0 Å². The predicted octanol–water partition coefficient (Wildman–Crippen LogP) is 1.94. The Morgan fingerprint density at radius 2 is 2.04 bits per heavy atom. The molecular weight excluding hydrogens is 326 g/mol. The highest BCUT2D eigenvalue weighted by molar-refractivity contribution is 5.94. The molecule has 1 fully saturated rings. The molecule has 5 heteroatoms. The zero-order chi connectivity index (χ0) is 18.0. The van der Waals surface area contributed by atoms with Crippen LogP contribution in [0.3, 0.4) is 0 Å². The molecule has 136 valence electrons. The summed E-state index contributed by atoms with van der Waals surface area (Å²) in [5.41, 5.74) is 3.04. The van der Waals surface area contributed by atoms with E-state index in [2.05, 4.69) is 15.6 Å². The zero-order valence-electron chi connectivity index (χ0n) is 14.9. The van der Waals surface area contributed by atoms with Gasteiger partial charge in [-0.1, -0.05) is 30.3 Å². The number of amides is 1. The Hall–Kier alpha value is -2.24. The van der Waals surface area contributed by atoms with Crippen molar-refractivity contribution in [2.45, 2.75) is 43.7 Å². The highest BCUT2D eigenvalue weighted by atomic mass is 16.3. The topological polar surface area (TPSA) is 74.2 Å². The summed E-state index contributed by atoms with van der Waals surface area (Å²) >= 11 is 0. The molecule has 5 nitrogen and oxygen atoms in total. The van der Waals surface area contributed by atoms with Gasteiger partial charge in [0, 0.05) is 18.4 Å². The number of aryl methyl sites for hydroxylation is 2. The Morgan fingerprint density at radius 3 is 2.85 bits per heavy atom. The maximum Gasteiger partial charge on any atom is 0.253 e. The third-order valence-corrected chi connectivity index (χ3v) is 5.66. The van der Waals surface area contributed by atoms with E-state index < -0.39 is 11.6 Å². The van der Waals surface area contributed by atoms with Crippen LogP contribution in [0, 0.1) is 0 Å². The fourth-order valence-electron chi connectivity index (χ4n) is 4.14. The molecule has 0 unspecified atom stereocenters. The van der Waals surface area contributed by atoms with Gasteiger partial charge in [0.1, 0.15) is 0 Å². The first kappa shape index (κ1) is 17.2. The van der Waals surface area contributed by atoms with Gasteiger partial charge in [-0.3, -0.25) is 9.78 Å². The van der Waals surface area contributed by atoms with E-state index in [9.17, 15) is 9.90 Å². The normalized spacial score (nSPS) is 25.3. The Morgan fingerprint density at radius 1 is 1.23 bits per heavy atom. The molecule has 2 aromatic rings. The number of pyridine rings is 1. The number of aromatic nitrogens is 1. The highest BCUT2D eigenvalue weighted by Crippen LogP contribution is 2.31. The first-order chi connectivity index (χ1) is 12.7. The monoisotopic (exact) mass is 351 g/mol. The first-order valence-corrected chi connectivity index (χ1v) is 9.44. The van der Waals surface area contributed by atoms with E-state index in [1.165, 1.54) is 12.0 Å². The molecule has 2 heterocycles. The van der Waals surface area contributed by atoms with Crippen molar-refractivity contribution >= 4 is 5.91 Å². The van der Waals surface area contributed by atoms with Gasteiger partial charge in [-0.15, -0.1) is 0 Å². The summed E-state index contributed by atoms with van der Waals surface area (Å²) in [6.45, 7) is 1.20. The van der Waals surface area contributed by atoms with E-state index in [0.717, 1.165) is 37.1 Å². The van der Waals surface area contributed by atoms with Gasteiger partial charge >= 0.3 is 0 Å². The first-order valence-electron chi connectivity index (χ1n) is 9.44. The van der Waals surface area contributed by atoms with Crippen molar-refractivity contribution in [1.82, 2.24) is 15.6 Å². The molecule has 0 radical (unpaired) electrons. The van der Waals surface area contributed by atoms with Crippen molar-refractivity contribution in [3.63, 3.8) is 0 Å². The summed E-state index contributed by atoms with van der Waals surface area (Å²) in [7, 11) is 0. The average Bonchev–Trinajstić information content (AvgIpc) is 2.70. The van der Waals surface area contributed by atoms with Crippen molar-refractivity contribution in [3.05, 3.63) is 65.0 Å². The predicted molar refractivity (Wildman–Crippen MR) is 100.0 cm³/mol. The van der Waals surface area contributed by atoms with E-state index in [1.54, 1.807) is 6.20 Å². The molecule has 1 saturated heterocycles. The molecule has 2 atom stereocenters. The van der Waals surface area contributed by atoms with Gasteiger partial charge in [0.15, 0.2) is 0 Å². The molecule has 4 rings (SSSR count). The third kappa shape index (κ3) is 3.13. The number of fused-ring (bicyclic) bond motifs is 1. The molecule has 1 aromatic carbocycles. The summed E-state index contributed by atoms with van der Waals surface area (Å²) in [6, 6.07) is 11.7. The summed E-state index contributed by atoms with van der Waals surface area (Å²) in [5, 5.41) is 17.1. The molecule has 0 saturated carbocycles. The highest BCUT2D eigenvalue weighted by Gasteiger charge is 2.43. The van der Waals surface area contributed by atoms with E-state index in [-0.39, 0.29) is 5.91 Å². The number of nitrogens with zero attached hydrogens (tertiary/aromatic N) is 1. The second-order valence-corrected chi connectivity index (χ2v) is 7.30. The van der Waals surface area contributed by atoms with Gasteiger partial charge in [0.2, 0.25) is 0 Å². The second-order valence-electron chi connectivity index (χ2n) is 7.30. The summed E-state index contributed by atoms with van der Waals surface area (Å²) < 4.78 is 0. The number of β-amino-alcohol motifs (C(OH)–C–C–N with tert-alkyl or cyclic N) is 1. The largest absolute Gasteiger partial charge is 0.389 e. The Balaban J connectivity index is 1.65. The number of hydrogen-bond acceptors (Lipinski definition) is 4. The molecule has 3 N–H and O–H groups in total. The second kappa shape index (κ2) is 7.17. The summed E-state index contributed by atoms with van der Waals surface area (Å²) in [5.74, 6) is -0.171. The number of aliphatic hydroxyl groups is 1. The van der Waals surface area contributed by atoms with Crippen LogP contribution in [0.5, 0.6) is 0 Å². The van der Waals surface area contributed by atoms with E-state index >= 15 is 0 Å². The number of hydrogen-bond donors (Lipinski definition) is 3. The molecule has 1 aliphatic heterocycles. The van der Waals surface area contributed by atoms with E-state index in [1.807, 2.05) is 36.4 Å². The van der Waals surface area contributed by atoms with Crippen molar-refractivity contribution in [2.75, 3.05) is 13.1 Å². The third-order valence-electron chi connectivity index (χ3n) is 5.66. The van der Waals surface area contributed by atoms with Crippen LogP contribution in [-0.4, -0.2) is 35.2 Å². The standard InChI is InChI=1S/C21H25N3O2/c25-19-14-22-11-10-21(19,17-7-2-1-3-8-17)24-20(26)16-12-15-6-4-5-9-18(15)23-13-16/h1-3,7-8,12-13,19,22,25H,4-6,9-11,14H2,(H,24,26)/t19-,21-/m1/s1. The molecule has 1 aliphatic carbocycles. The molecular formula is C21H25N3O2. The fraction of sp³-hybridized carbons (Fsp3) is 0.429. The van der Waals surface area contributed by atoms with Gasteiger partial charge in [-0.2, -0.15) is 0 Å². The lowest BCUT2D eigenvalue weighted by Crippen LogP contribution is -2.61. The Kier molecular flexibility index (Phi) is 4.74. The van der Waals surface area contributed by atoms with E-state index in [0.29, 0.717) is 18.5 Å². The molecule has 1 aromatic heterocycles. The van der Waals surface area contributed by atoms with Gasteiger partial charge in [-0.25, -0.2) is 0 Å². The lowest BCUT2D eigenvalue weighted by molar-refractivity contribution is 0.0289. The van der Waals surface area contributed by atoms with Crippen LogP contribution in [0.4, 0.5) is 0 Å². The van der Waals surface area contributed by atoms with Gasteiger partial charge in [-0.05, 0) is 55.8 Å². The van der Waals surface area contributed by atoms with Crippen LogP contribution in [0.2, 0.25) is 0 Å². The van der Waals surface area contributed by atoms with Crippen LogP contribution in [0.15, 0.2) is 42.6 Å². The van der Waals surface area contributed by atoms with Crippen molar-refractivity contribution in [1.29, 1.82) is 0 Å². The van der Waals surface area contributed by atoms with Crippen LogP contribution >= 0.6 is 0 Å². The Bertz CT molecular complexity index is 793. The summed E-state index contributed by atoms with van der Waals surface area (Å²) in [6.07, 6.45) is 5.93. The van der Waals surface area contributed by atoms with Gasteiger partial charge < -0.3 is 15.7 Å². The van der Waals surface area contributed by atoms with E-state index in [4.69, 9.17) is 0 Å². The minimum Gasteiger partial charge on any atom is -0.389 e. The molecule has 26 heavy (non-hydrogen) atoms. The zero-order valence-corrected chi connectivity index (χ0v) is 14.9. The lowest BCUT2D eigenvalue weighted by atomic mass is 9.79. The van der Waals surface area contributed by atoms with Crippen molar-refractivity contribution in [2.24, 2.45) is 0 Å². The quantitative estimate of drug-likeness (QED) is 0.790. The molecule has 2 aliphatic rings. The number of piperidine rings is 1.